The summed E-state index contributed by atoms with van der Waals surface area (Å²) in [5, 5.41) is 4.57. The van der Waals surface area contributed by atoms with Crippen molar-refractivity contribution >= 4 is 0 Å². The Hall–Kier alpha value is -0.870. The largest absolute Gasteiger partial charge is 0.380 e. The second kappa shape index (κ2) is 7.65. The first-order valence-electron chi connectivity index (χ1n) is 7.34. The first kappa shape index (κ1) is 16.2. The number of hydrogen-bond donors (Lipinski definition) is 1. The Morgan fingerprint density at radius 1 is 1.26 bits per heavy atom. The lowest BCUT2D eigenvalue weighted by Crippen LogP contribution is -2.13. The fraction of sp³-hybridized carbons (Fsp3) is 0.800. The Bertz CT molecular complexity index is 385. The van der Waals surface area contributed by atoms with Gasteiger partial charge in [0.15, 0.2) is 0 Å². The molecule has 0 radical (unpaired) electrons. The van der Waals surface area contributed by atoms with Crippen LogP contribution >= 0.6 is 0 Å². The zero-order chi connectivity index (χ0) is 14.4. The Balaban J connectivity index is 2.51. The zero-order valence-corrected chi connectivity index (χ0v) is 13.1. The molecule has 4 nitrogen and oxygen atoms in total. The van der Waals surface area contributed by atoms with Gasteiger partial charge in [0, 0.05) is 23.9 Å². The quantitative estimate of drug-likeness (QED) is 0.737. The van der Waals surface area contributed by atoms with Crippen molar-refractivity contribution in [3.63, 3.8) is 0 Å². The molecule has 1 aromatic rings. The number of aromatic nitrogens is 2. The summed E-state index contributed by atoms with van der Waals surface area (Å²) >= 11 is 0. The Kier molecular flexibility index (Phi) is 6.52. The molecule has 0 saturated carbocycles. The maximum atomic E-state index is 6.13. The van der Waals surface area contributed by atoms with Gasteiger partial charge in [-0.15, -0.1) is 0 Å². The summed E-state index contributed by atoms with van der Waals surface area (Å²) in [6.45, 7) is 13.0. The van der Waals surface area contributed by atoms with Crippen LogP contribution in [0.3, 0.4) is 0 Å². The highest BCUT2D eigenvalue weighted by Crippen LogP contribution is 2.21. The molecule has 2 N–H and O–H groups in total. The molecule has 4 heteroatoms. The van der Waals surface area contributed by atoms with Gasteiger partial charge in [-0.25, -0.2) is 0 Å². The third-order valence-corrected chi connectivity index (χ3v) is 3.54. The van der Waals surface area contributed by atoms with E-state index in [2.05, 4.69) is 32.8 Å². The molecule has 19 heavy (non-hydrogen) atoms. The van der Waals surface area contributed by atoms with Crippen LogP contribution in [0.25, 0.3) is 0 Å². The van der Waals surface area contributed by atoms with E-state index in [0.717, 1.165) is 38.3 Å². The SMILES string of the molecule is CCC(N)c1c(C)nn(CCOCCC(C)C)c1C. The maximum absolute atomic E-state index is 6.13. The third-order valence-electron chi connectivity index (χ3n) is 3.54. The minimum absolute atomic E-state index is 0.0932. The van der Waals surface area contributed by atoms with Gasteiger partial charge in [-0.2, -0.15) is 5.10 Å². The van der Waals surface area contributed by atoms with E-state index in [4.69, 9.17) is 10.5 Å². The van der Waals surface area contributed by atoms with Crippen molar-refractivity contribution in [3.8, 4) is 0 Å². The lowest BCUT2D eigenvalue weighted by atomic mass is 10.0. The molecule has 0 amide bonds. The van der Waals surface area contributed by atoms with Crippen molar-refractivity contribution in [3.05, 3.63) is 17.0 Å². The summed E-state index contributed by atoms with van der Waals surface area (Å²) in [4.78, 5) is 0. The van der Waals surface area contributed by atoms with Crippen LogP contribution in [0.5, 0.6) is 0 Å². The van der Waals surface area contributed by atoms with Gasteiger partial charge < -0.3 is 10.5 Å². The molecule has 1 heterocycles. The fourth-order valence-electron chi connectivity index (χ4n) is 2.24. The van der Waals surface area contributed by atoms with Gasteiger partial charge >= 0.3 is 0 Å². The van der Waals surface area contributed by atoms with Crippen molar-refractivity contribution in [1.29, 1.82) is 0 Å². The van der Waals surface area contributed by atoms with E-state index in [1.54, 1.807) is 0 Å². The minimum atomic E-state index is 0.0932. The highest BCUT2D eigenvalue weighted by Gasteiger charge is 2.16. The normalized spacial score (nSPS) is 13.2. The van der Waals surface area contributed by atoms with E-state index >= 15 is 0 Å². The summed E-state index contributed by atoms with van der Waals surface area (Å²) < 4.78 is 7.67. The van der Waals surface area contributed by atoms with Crippen molar-refractivity contribution in [2.24, 2.45) is 11.7 Å². The molecule has 0 aliphatic heterocycles. The van der Waals surface area contributed by atoms with E-state index < -0.39 is 0 Å². The molecule has 1 rings (SSSR count). The van der Waals surface area contributed by atoms with Gasteiger partial charge in [0.25, 0.3) is 0 Å². The third kappa shape index (κ3) is 4.62. The van der Waals surface area contributed by atoms with Crippen LogP contribution in [0.1, 0.15) is 56.6 Å². The van der Waals surface area contributed by atoms with Crippen LogP contribution in [-0.2, 0) is 11.3 Å². The topological polar surface area (TPSA) is 53.1 Å². The van der Waals surface area contributed by atoms with Crippen molar-refractivity contribution in [1.82, 2.24) is 9.78 Å². The standard InChI is InChI=1S/C15H29N3O/c1-6-14(16)15-12(4)17-18(13(15)5)8-10-19-9-7-11(2)3/h11,14H,6-10,16H2,1-5H3. The Labute approximate surface area is 117 Å². The smallest absolute Gasteiger partial charge is 0.0662 e. The van der Waals surface area contributed by atoms with E-state index in [-0.39, 0.29) is 6.04 Å². The van der Waals surface area contributed by atoms with Gasteiger partial charge in [0.05, 0.1) is 18.8 Å². The van der Waals surface area contributed by atoms with Crippen molar-refractivity contribution in [2.75, 3.05) is 13.2 Å². The molecule has 0 aliphatic rings. The monoisotopic (exact) mass is 267 g/mol. The van der Waals surface area contributed by atoms with Crippen LogP contribution in [0.15, 0.2) is 0 Å². The minimum Gasteiger partial charge on any atom is -0.380 e. The van der Waals surface area contributed by atoms with Crippen LogP contribution in [-0.4, -0.2) is 23.0 Å². The molecule has 0 aromatic carbocycles. The molecule has 1 aromatic heterocycles. The lowest BCUT2D eigenvalue weighted by Gasteiger charge is -2.10. The van der Waals surface area contributed by atoms with Gasteiger partial charge in [-0.1, -0.05) is 20.8 Å². The van der Waals surface area contributed by atoms with Gasteiger partial charge in [0.1, 0.15) is 0 Å². The van der Waals surface area contributed by atoms with Gasteiger partial charge in [0.2, 0.25) is 0 Å². The number of nitrogens with zero attached hydrogens (tertiary/aromatic N) is 2. The molecule has 0 aliphatic carbocycles. The zero-order valence-electron chi connectivity index (χ0n) is 13.1. The summed E-state index contributed by atoms with van der Waals surface area (Å²) in [5.74, 6) is 0.697. The average Bonchev–Trinajstić information content (AvgIpc) is 2.63. The molecule has 0 saturated heterocycles. The Morgan fingerprint density at radius 2 is 1.95 bits per heavy atom. The molecular weight excluding hydrogens is 238 g/mol. The number of hydrogen-bond acceptors (Lipinski definition) is 3. The summed E-state index contributed by atoms with van der Waals surface area (Å²) in [6.07, 6.45) is 2.06. The summed E-state index contributed by atoms with van der Waals surface area (Å²) in [7, 11) is 0. The first-order chi connectivity index (χ1) is 8.97. The van der Waals surface area contributed by atoms with Gasteiger partial charge in [-0.3, -0.25) is 4.68 Å². The number of aryl methyl sites for hydroxylation is 1. The molecule has 0 spiro atoms. The lowest BCUT2D eigenvalue weighted by molar-refractivity contribution is 0.113. The van der Waals surface area contributed by atoms with E-state index in [1.165, 1.54) is 11.3 Å². The van der Waals surface area contributed by atoms with E-state index in [0.29, 0.717) is 5.92 Å². The predicted octanol–water partition coefficient (Wildman–Crippen LogP) is 2.97. The molecule has 0 bridgehead atoms. The molecule has 1 unspecified atom stereocenters. The first-order valence-corrected chi connectivity index (χ1v) is 7.34. The van der Waals surface area contributed by atoms with Crippen LogP contribution in [0.2, 0.25) is 0 Å². The Morgan fingerprint density at radius 3 is 2.53 bits per heavy atom. The summed E-state index contributed by atoms with van der Waals surface area (Å²) in [5.41, 5.74) is 9.56. The van der Waals surface area contributed by atoms with Crippen LogP contribution in [0.4, 0.5) is 0 Å². The van der Waals surface area contributed by atoms with Crippen LogP contribution < -0.4 is 5.73 Å². The average molecular weight is 267 g/mol. The van der Waals surface area contributed by atoms with E-state index in [9.17, 15) is 0 Å². The van der Waals surface area contributed by atoms with Crippen molar-refractivity contribution in [2.45, 2.75) is 60.0 Å². The second-order valence-corrected chi connectivity index (χ2v) is 5.62. The fourth-order valence-corrected chi connectivity index (χ4v) is 2.24. The highest BCUT2D eigenvalue weighted by atomic mass is 16.5. The highest BCUT2D eigenvalue weighted by molar-refractivity contribution is 5.27. The predicted molar refractivity (Wildman–Crippen MR) is 79.2 cm³/mol. The molecule has 1 atom stereocenters. The van der Waals surface area contributed by atoms with Gasteiger partial charge in [-0.05, 0) is 32.6 Å². The molecule has 0 fully saturated rings. The summed E-state index contributed by atoms with van der Waals surface area (Å²) in [6, 6.07) is 0.0932. The molecule has 110 valence electrons. The number of rotatable bonds is 8. The number of ether oxygens (including phenoxy) is 1. The van der Waals surface area contributed by atoms with Crippen molar-refractivity contribution < 1.29 is 4.74 Å². The van der Waals surface area contributed by atoms with Crippen LogP contribution in [0, 0.1) is 19.8 Å². The number of nitrogens with two attached hydrogens (primary N) is 1. The molecular formula is C15H29N3O. The van der Waals surface area contributed by atoms with E-state index in [1.807, 2.05) is 11.6 Å². The maximum Gasteiger partial charge on any atom is 0.0662 e. The second-order valence-electron chi connectivity index (χ2n) is 5.62.